The molecule has 1 heterocycles. The van der Waals surface area contributed by atoms with E-state index in [2.05, 4.69) is 35.2 Å². The van der Waals surface area contributed by atoms with Crippen LogP contribution in [0.2, 0.25) is 0 Å². The van der Waals surface area contributed by atoms with Gasteiger partial charge in [0.1, 0.15) is 0 Å². The Morgan fingerprint density at radius 3 is 2.03 bits per heavy atom. The van der Waals surface area contributed by atoms with E-state index in [1.54, 1.807) is 10.4 Å². The number of rotatable bonds is 6. The van der Waals surface area contributed by atoms with Crippen LogP contribution >= 0.6 is 0 Å². The van der Waals surface area contributed by atoms with Crippen molar-refractivity contribution in [3.05, 3.63) is 95.6 Å². The molecule has 2 unspecified atom stereocenters. The van der Waals surface area contributed by atoms with Crippen LogP contribution in [0.1, 0.15) is 61.1 Å². The average molecular weight is 503 g/mol. The summed E-state index contributed by atoms with van der Waals surface area (Å²) in [6.45, 7) is 5.77. The molecule has 1 saturated heterocycles. The van der Waals surface area contributed by atoms with E-state index in [1.165, 1.54) is 31.2 Å². The number of sulfonamides is 1. The van der Waals surface area contributed by atoms with Crippen molar-refractivity contribution >= 4 is 15.7 Å². The number of piperidine rings is 1. The summed E-state index contributed by atoms with van der Waals surface area (Å²) in [5.41, 5.74) is 4.04. The van der Waals surface area contributed by atoms with Crippen LogP contribution in [-0.2, 0) is 10.0 Å². The molecule has 5 rings (SSSR count). The fourth-order valence-electron chi connectivity index (χ4n) is 6.37. The lowest BCUT2D eigenvalue weighted by molar-refractivity contribution is 0.107. The van der Waals surface area contributed by atoms with E-state index in [4.69, 9.17) is 0 Å². The average Bonchev–Trinajstić information content (AvgIpc) is 2.91. The zero-order chi connectivity index (χ0) is 25.1. The monoisotopic (exact) mass is 502 g/mol. The Bertz CT molecular complexity index is 1270. The highest BCUT2D eigenvalue weighted by Crippen LogP contribution is 2.39. The van der Waals surface area contributed by atoms with E-state index in [9.17, 15) is 8.42 Å². The molecule has 5 heteroatoms. The zero-order valence-electron chi connectivity index (χ0n) is 21.5. The molecule has 2 aliphatic rings. The van der Waals surface area contributed by atoms with Gasteiger partial charge in [-0.3, -0.25) is 9.21 Å². The second-order valence-electron chi connectivity index (χ2n) is 10.5. The Kier molecular flexibility index (Phi) is 7.49. The van der Waals surface area contributed by atoms with Gasteiger partial charge in [-0.2, -0.15) is 0 Å². The molecule has 0 N–H and O–H groups in total. The van der Waals surface area contributed by atoms with Gasteiger partial charge in [0.15, 0.2) is 0 Å². The van der Waals surface area contributed by atoms with E-state index in [0.29, 0.717) is 16.9 Å². The van der Waals surface area contributed by atoms with Gasteiger partial charge in [-0.15, -0.1) is 0 Å². The SMILES string of the molecule is Cc1ccccc1N(C1CCN(C2CCCCC2c2ccccc2)CC1)S(=O)(=O)c1ccccc1C. The van der Waals surface area contributed by atoms with Crippen LogP contribution in [-0.4, -0.2) is 38.5 Å². The molecule has 1 aliphatic heterocycles. The van der Waals surface area contributed by atoms with Gasteiger partial charge < -0.3 is 0 Å². The molecule has 3 aromatic carbocycles. The maximum atomic E-state index is 14.1. The molecule has 36 heavy (non-hydrogen) atoms. The smallest absolute Gasteiger partial charge is 0.264 e. The van der Waals surface area contributed by atoms with Gasteiger partial charge in [-0.05, 0) is 74.3 Å². The summed E-state index contributed by atoms with van der Waals surface area (Å²) in [5.74, 6) is 0.569. The van der Waals surface area contributed by atoms with Gasteiger partial charge >= 0.3 is 0 Å². The fourth-order valence-corrected chi connectivity index (χ4v) is 8.38. The van der Waals surface area contributed by atoms with Gasteiger partial charge in [0.25, 0.3) is 10.0 Å². The van der Waals surface area contributed by atoms with Gasteiger partial charge in [-0.1, -0.05) is 79.6 Å². The number of anilines is 1. The van der Waals surface area contributed by atoms with Crippen LogP contribution in [0.4, 0.5) is 5.69 Å². The first-order chi connectivity index (χ1) is 17.5. The van der Waals surface area contributed by atoms with Crippen molar-refractivity contribution in [2.24, 2.45) is 0 Å². The Morgan fingerprint density at radius 2 is 1.33 bits per heavy atom. The number of likely N-dealkylation sites (tertiary alicyclic amines) is 1. The predicted octanol–water partition coefficient (Wildman–Crippen LogP) is 6.69. The van der Waals surface area contributed by atoms with E-state index in [0.717, 1.165) is 42.7 Å². The van der Waals surface area contributed by atoms with Gasteiger partial charge in [0.2, 0.25) is 0 Å². The second kappa shape index (κ2) is 10.8. The zero-order valence-corrected chi connectivity index (χ0v) is 22.3. The molecule has 1 aliphatic carbocycles. The van der Waals surface area contributed by atoms with Crippen LogP contribution in [0.5, 0.6) is 0 Å². The lowest BCUT2D eigenvalue weighted by atomic mass is 9.78. The minimum absolute atomic E-state index is 0.0503. The van der Waals surface area contributed by atoms with Crippen molar-refractivity contribution in [1.29, 1.82) is 0 Å². The van der Waals surface area contributed by atoms with Crippen LogP contribution in [0.25, 0.3) is 0 Å². The lowest BCUT2D eigenvalue weighted by Gasteiger charge is -2.45. The highest BCUT2D eigenvalue weighted by molar-refractivity contribution is 7.93. The molecule has 190 valence electrons. The topological polar surface area (TPSA) is 40.6 Å². The molecular weight excluding hydrogens is 464 g/mol. The maximum absolute atomic E-state index is 14.1. The molecular formula is C31H38N2O2S. The summed E-state index contributed by atoms with van der Waals surface area (Å²) < 4.78 is 30.0. The number of hydrogen-bond acceptors (Lipinski definition) is 3. The summed E-state index contributed by atoms with van der Waals surface area (Å²) in [6, 6.07) is 26.7. The van der Waals surface area contributed by atoms with Crippen molar-refractivity contribution < 1.29 is 8.42 Å². The fraction of sp³-hybridized carbons (Fsp3) is 0.419. The third-order valence-corrected chi connectivity index (χ3v) is 10.3. The minimum Gasteiger partial charge on any atom is -0.300 e. The Morgan fingerprint density at radius 1 is 0.722 bits per heavy atom. The summed E-state index contributed by atoms with van der Waals surface area (Å²) in [5, 5.41) is 0. The lowest BCUT2D eigenvalue weighted by Crippen LogP contribution is -2.52. The molecule has 3 aromatic rings. The molecule has 0 spiro atoms. The third kappa shape index (κ3) is 4.96. The van der Waals surface area contributed by atoms with E-state index in [-0.39, 0.29) is 6.04 Å². The highest BCUT2D eigenvalue weighted by atomic mass is 32.2. The maximum Gasteiger partial charge on any atom is 0.264 e. The van der Waals surface area contributed by atoms with Crippen LogP contribution in [0, 0.1) is 13.8 Å². The summed E-state index contributed by atoms with van der Waals surface area (Å²) in [4.78, 5) is 3.07. The standard InChI is InChI=1S/C31H38N2O2S/c1-24-12-6-9-17-29(24)33(36(34,35)31-19-11-7-13-25(31)2)27-20-22-32(23-21-27)30-18-10-8-16-28(30)26-14-4-3-5-15-26/h3-7,9,11-15,17,19,27-28,30H,8,10,16,18,20-23H2,1-2H3. The largest absolute Gasteiger partial charge is 0.300 e. The molecule has 2 fully saturated rings. The molecule has 0 aromatic heterocycles. The second-order valence-corrected chi connectivity index (χ2v) is 12.3. The van der Waals surface area contributed by atoms with Crippen LogP contribution < -0.4 is 4.31 Å². The quantitative estimate of drug-likeness (QED) is 0.377. The number of para-hydroxylation sites is 1. The normalized spacial score (nSPS) is 21.8. The van der Waals surface area contributed by atoms with Crippen molar-refractivity contribution in [2.45, 2.75) is 75.3 Å². The first-order valence-electron chi connectivity index (χ1n) is 13.4. The summed E-state index contributed by atoms with van der Waals surface area (Å²) in [6.07, 6.45) is 6.74. The number of aryl methyl sites for hydroxylation is 2. The highest BCUT2D eigenvalue weighted by Gasteiger charge is 2.38. The van der Waals surface area contributed by atoms with Gasteiger partial charge in [-0.25, -0.2) is 8.42 Å². The van der Waals surface area contributed by atoms with E-state index >= 15 is 0 Å². The molecule has 1 saturated carbocycles. The molecule has 0 bridgehead atoms. The summed E-state index contributed by atoms with van der Waals surface area (Å²) in [7, 11) is -3.69. The minimum atomic E-state index is -3.69. The van der Waals surface area contributed by atoms with Gasteiger partial charge in [0.05, 0.1) is 10.6 Å². The number of hydrogen-bond donors (Lipinski definition) is 0. The van der Waals surface area contributed by atoms with Crippen LogP contribution in [0.3, 0.4) is 0 Å². The Labute approximate surface area is 217 Å². The van der Waals surface area contributed by atoms with E-state index in [1.807, 2.05) is 56.3 Å². The number of benzene rings is 3. The molecule has 2 atom stereocenters. The number of nitrogens with zero attached hydrogens (tertiary/aromatic N) is 2. The van der Waals surface area contributed by atoms with E-state index < -0.39 is 10.0 Å². The van der Waals surface area contributed by atoms with Crippen LogP contribution in [0.15, 0.2) is 83.8 Å². The third-order valence-electron chi connectivity index (χ3n) is 8.24. The predicted molar refractivity (Wildman–Crippen MR) is 148 cm³/mol. The first kappa shape index (κ1) is 25.0. The van der Waals surface area contributed by atoms with Crippen molar-refractivity contribution in [3.8, 4) is 0 Å². The summed E-state index contributed by atoms with van der Waals surface area (Å²) >= 11 is 0. The van der Waals surface area contributed by atoms with Gasteiger partial charge in [0, 0.05) is 25.2 Å². The Balaban J connectivity index is 1.41. The van der Waals surface area contributed by atoms with Crippen molar-refractivity contribution in [2.75, 3.05) is 17.4 Å². The Hall–Kier alpha value is -2.63. The molecule has 0 radical (unpaired) electrons. The first-order valence-corrected chi connectivity index (χ1v) is 14.9. The molecule has 0 amide bonds. The molecule has 4 nitrogen and oxygen atoms in total. The van der Waals surface area contributed by atoms with Crippen molar-refractivity contribution in [3.63, 3.8) is 0 Å². The van der Waals surface area contributed by atoms with Crippen molar-refractivity contribution in [1.82, 2.24) is 4.90 Å².